The van der Waals surface area contributed by atoms with E-state index in [-0.39, 0.29) is 11.8 Å². The van der Waals surface area contributed by atoms with Gasteiger partial charge in [-0.05, 0) is 18.3 Å². The smallest absolute Gasteiger partial charge is 0.126 e. The minimum absolute atomic E-state index is 0.0507. The molecule has 1 aliphatic rings. The van der Waals surface area contributed by atoms with Crippen molar-refractivity contribution in [2.45, 2.75) is 32.8 Å². The molecule has 0 aromatic rings. The van der Waals surface area contributed by atoms with Crippen molar-refractivity contribution in [1.29, 1.82) is 0 Å². The van der Waals surface area contributed by atoms with Crippen molar-refractivity contribution in [2.24, 2.45) is 10.8 Å². The van der Waals surface area contributed by atoms with Gasteiger partial charge in [-0.2, -0.15) is 0 Å². The van der Waals surface area contributed by atoms with Crippen molar-refractivity contribution in [3.8, 4) is 0 Å². The van der Waals surface area contributed by atoms with Crippen molar-refractivity contribution in [3.05, 3.63) is 0 Å². The maximum Gasteiger partial charge on any atom is 0.126 e. The van der Waals surface area contributed by atoms with Crippen LogP contribution in [-0.2, 0) is 4.79 Å². The second kappa shape index (κ2) is 2.80. The molecule has 1 N–H and O–H groups in total. The maximum absolute atomic E-state index is 12.0. The summed E-state index contributed by atoms with van der Waals surface area (Å²) in [7, 11) is 0. The standard InChI is InChI=1S/C9H15FO2/c1-8(2)5-9(8,6-11)3-7(12)4-10/h6-7,12H,3-5H2,1-2H3. The fourth-order valence-electron chi connectivity index (χ4n) is 1.82. The van der Waals surface area contributed by atoms with E-state index in [0.717, 1.165) is 12.7 Å². The van der Waals surface area contributed by atoms with Crippen LogP contribution in [0.25, 0.3) is 0 Å². The fraction of sp³-hybridized carbons (Fsp3) is 0.889. The molecular weight excluding hydrogens is 159 g/mol. The molecule has 0 aliphatic heterocycles. The number of carbonyl (C=O) groups is 1. The van der Waals surface area contributed by atoms with Gasteiger partial charge in [0.2, 0.25) is 0 Å². The molecule has 0 aromatic carbocycles. The van der Waals surface area contributed by atoms with Crippen LogP contribution in [0.1, 0.15) is 26.7 Å². The number of hydrogen-bond donors (Lipinski definition) is 1. The van der Waals surface area contributed by atoms with Crippen molar-refractivity contribution in [1.82, 2.24) is 0 Å². The molecule has 12 heavy (non-hydrogen) atoms. The van der Waals surface area contributed by atoms with Crippen molar-refractivity contribution in [3.63, 3.8) is 0 Å². The highest BCUT2D eigenvalue weighted by molar-refractivity contribution is 5.66. The van der Waals surface area contributed by atoms with Gasteiger partial charge in [0.15, 0.2) is 0 Å². The average Bonchev–Trinajstić information content (AvgIpc) is 2.54. The second-order valence-electron chi connectivity index (χ2n) is 4.35. The van der Waals surface area contributed by atoms with Gasteiger partial charge in [0, 0.05) is 5.41 Å². The molecule has 2 atom stereocenters. The largest absolute Gasteiger partial charge is 0.390 e. The molecule has 0 saturated heterocycles. The number of halogens is 1. The molecule has 1 rings (SSSR count). The Morgan fingerprint density at radius 2 is 2.17 bits per heavy atom. The third-order valence-electron chi connectivity index (χ3n) is 2.98. The summed E-state index contributed by atoms with van der Waals surface area (Å²) in [5.41, 5.74) is -0.511. The van der Waals surface area contributed by atoms with Gasteiger partial charge in [-0.25, -0.2) is 4.39 Å². The lowest BCUT2D eigenvalue weighted by atomic mass is 9.91. The van der Waals surface area contributed by atoms with E-state index >= 15 is 0 Å². The van der Waals surface area contributed by atoms with Crippen LogP contribution < -0.4 is 0 Å². The molecule has 1 fully saturated rings. The minimum atomic E-state index is -0.975. The Bertz CT molecular complexity index is 191. The first-order valence-electron chi connectivity index (χ1n) is 4.18. The summed E-state index contributed by atoms with van der Waals surface area (Å²) in [5.74, 6) is 0. The van der Waals surface area contributed by atoms with Gasteiger partial charge in [0.25, 0.3) is 0 Å². The third-order valence-corrected chi connectivity index (χ3v) is 2.98. The second-order valence-corrected chi connectivity index (χ2v) is 4.35. The monoisotopic (exact) mass is 174 g/mol. The van der Waals surface area contributed by atoms with E-state index in [1.807, 2.05) is 13.8 Å². The number of alkyl halides is 1. The van der Waals surface area contributed by atoms with E-state index in [0.29, 0.717) is 0 Å². The summed E-state index contributed by atoms with van der Waals surface area (Å²) < 4.78 is 12.0. The van der Waals surface area contributed by atoms with E-state index in [9.17, 15) is 9.18 Å². The Morgan fingerprint density at radius 1 is 1.67 bits per heavy atom. The Hall–Kier alpha value is -0.440. The number of carbonyl (C=O) groups excluding carboxylic acids is 1. The van der Waals surface area contributed by atoms with E-state index in [1.165, 1.54) is 0 Å². The predicted molar refractivity (Wildman–Crippen MR) is 43.5 cm³/mol. The quantitative estimate of drug-likeness (QED) is 0.653. The van der Waals surface area contributed by atoms with Crippen LogP contribution in [0.5, 0.6) is 0 Å². The molecule has 70 valence electrons. The van der Waals surface area contributed by atoms with Gasteiger partial charge in [-0.15, -0.1) is 0 Å². The predicted octanol–water partition coefficient (Wildman–Crippen LogP) is 1.32. The molecule has 3 heteroatoms. The minimum Gasteiger partial charge on any atom is -0.390 e. The average molecular weight is 174 g/mol. The maximum atomic E-state index is 12.0. The van der Waals surface area contributed by atoms with Gasteiger partial charge in [-0.1, -0.05) is 13.8 Å². The summed E-state index contributed by atoms with van der Waals surface area (Å²) in [5, 5.41) is 9.06. The van der Waals surface area contributed by atoms with Gasteiger partial charge < -0.3 is 9.90 Å². The Labute approximate surface area is 71.8 Å². The third kappa shape index (κ3) is 1.38. The molecule has 0 spiro atoms. The van der Waals surface area contributed by atoms with Crippen molar-refractivity contribution >= 4 is 6.29 Å². The van der Waals surface area contributed by atoms with Gasteiger partial charge >= 0.3 is 0 Å². The zero-order valence-corrected chi connectivity index (χ0v) is 7.51. The van der Waals surface area contributed by atoms with Gasteiger partial charge in [0.05, 0.1) is 6.10 Å². The van der Waals surface area contributed by atoms with Crippen LogP contribution in [0, 0.1) is 10.8 Å². The lowest BCUT2D eigenvalue weighted by Crippen LogP contribution is -2.21. The zero-order chi connectivity index (χ0) is 9.41. The molecule has 0 bridgehead atoms. The Balaban J connectivity index is 2.56. The normalized spacial score (nSPS) is 34.3. The van der Waals surface area contributed by atoms with Crippen LogP contribution in [0.2, 0.25) is 0 Å². The summed E-state index contributed by atoms with van der Waals surface area (Å²) in [4.78, 5) is 10.7. The molecule has 2 nitrogen and oxygen atoms in total. The summed E-state index contributed by atoms with van der Waals surface area (Å²) in [6, 6.07) is 0. The van der Waals surface area contributed by atoms with Crippen LogP contribution in [-0.4, -0.2) is 24.2 Å². The number of aldehydes is 1. The zero-order valence-electron chi connectivity index (χ0n) is 7.51. The molecule has 0 heterocycles. The number of hydrogen-bond acceptors (Lipinski definition) is 2. The summed E-state index contributed by atoms with van der Waals surface area (Å²) in [6.07, 6.45) is 0.920. The Morgan fingerprint density at radius 3 is 2.42 bits per heavy atom. The molecular formula is C9H15FO2. The van der Waals surface area contributed by atoms with E-state index in [4.69, 9.17) is 5.11 Å². The summed E-state index contributed by atoms with van der Waals surface area (Å²) in [6.45, 7) is 3.17. The van der Waals surface area contributed by atoms with Gasteiger partial charge in [-0.3, -0.25) is 0 Å². The number of aliphatic hydroxyl groups excluding tert-OH is 1. The van der Waals surface area contributed by atoms with Crippen molar-refractivity contribution in [2.75, 3.05) is 6.67 Å². The number of rotatable bonds is 4. The van der Waals surface area contributed by atoms with Crippen LogP contribution in [0.4, 0.5) is 4.39 Å². The van der Waals surface area contributed by atoms with E-state index in [2.05, 4.69) is 0 Å². The summed E-state index contributed by atoms with van der Waals surface area (Å²) >= 11 is 0. The molecule has 1 saturated carbocycles. The van der Waals surface area contributed by atoms with Crippen LogP contribution in [0.3, 0.4) is 0 Å². The fourth-order valence-corrected chi connectivity index (χ4v) is 1.82. The molecule has 0 radical (unpaired) electrons. The highest BCUT2D eigenvalue weighted by Crippen LogP contribution is 2.64. The SMILES string of the molecule is CC1(C)CC1(C=O)CC(O)CF. The topological polar surface area (TPSA) is 37.3 Å². The first-order valence-corrected chi connectivity index (χ1v) is 4.18. The Kier molecular flexibility index (Phi) is 2.25. The molecule has 1 aliphatic carbocycles. The number of aliphatic hydroxyl groups is 1. The lowest BCUT2D eigenvalue weighted by Gasteiger charge is -2.15. The first kappa shape index (κ1) is 9.65. The lowest BCUT2D eigenvalue weighted by molar-refractivity contribution is -0.114. The molecule has 0 amide bonds. The van der Waals surface area contributed by atoms with Crippen molar-refractivity contribution < 1.29 is 14.3 Å². The van der Waals surface area contributed by atoms with Gasteiger partial charge in [0.1, 0.15) is 13.0 Å². The molecule has 0 aromatic heterocycles. The van der Waals surface area contributed by atoms with Crippen LogP contribution >= 0.6 is 0 Å². The highest BCUT2D eigenvalue weighted by Gasteiger charge is 2.61. The molecule has 2 unspecified atom stereocenters. The van der Waals surface area contributed by atoms with E-state index in [1.54, 1.807) is 0 Å². The van der Waals surface area contributed by atoms with Crippen LogP contribution in [0.15, 0.2) is 0 Å². The first-order chi connectivity index (χ1) is 5.47. The highest BCUT2D eigenvalue weighted by atomic mass is 19.1. The van der Waals surface area contributed by atoms with E-state index < -0.39 is 18.2 Å².